The lowest BCUT2D eigenvalue weighted by Gasteiger charge is -2.27. The van der Waals surface area contributed by atoms with Crippen LogP contribution in [-0.2, 0) is 14.3 Å². The molecule has 3 heteroatoms. The van der Waals surface area contributed by atoms with Gasteiger partial charge in [0.05, 0.1) is 6.61 Å². The van der Waals surface area contributed by atoms with Crippen molar-refractivity contribution in [2.45, 2.75) is 45.4 Å². The van der Waals surface area contributed by atoms with E-state index in [1.54, 1.807) is 6.92 Å². The molecule has 0 saturated heterocycles. The van der Waals surface area contributed by atoms with Gasteiger partial charge in [0.25, 0.3) is 0 Å². The van der Waals surface area contributed by atoms with Gasteiger partial charge >= 0.3 is 5.97 Å². The summed E-state index contributed by atoms with van der Waals surface area (Å²) in [4.78, 5) is 23.7. The van der Waals surface area contributed by atoms with E-state index in [2.05, 4.69) is 0 Å². The first-order chi connectivity index (χ1) is 7.74. The summed E-state index contributed by atoms with van der Waals surface area (Å²) in [7, 11) is 0. The Labute approximate surface area is 95.9 Å². The fourth-order valence-electron chi connectivity index (χ4n) is 2.67. The number of Topliss-reactive ketones (excluding diaryl/α,β-unsaturated/α-hetero) is 1. The van der Waals surface area contributed by atoms with Crippen LogP contribution in [0.5, 0.6) is 0 Å². The molecule has 16 heavy (non-hydrogen) atoms. The van der Waals surface area contributed by atoms with Crippen molar-refractivity contribution in [1.29, 1.82) is 0 Å². The summed E-state index contributed by atoms with van der Waals surface area (Å²) in [6.07, 6.45) is 5.75. The van der Waals surface area contributed by atoms with Crippen LogP contribution in [0.2, 0.25) is 0 Å². The zero-order valence-electron chi connectivity index (χ0n) is 9.75. The van der Waals surface area contributed by atoms with Crippen LogP contribution in [0.4, 0.5) is 0 Å². The van der Waals surface area contributed by atoms with Gasteiger partial charge in [-0.2, -0.15) is 0 Å². The predicted molar refractivity (Wildman–Crippen MR) is 59.9 cm³/mol. The molecule has 0 amide bonds. The van der Waals surface area contributed by atoms with Crippen LogP contribution in [0.25, 0.3) is 0 Å². The fourth-order valence-corrected chi connectivity index (χ4v) is 2.67. The predicted octanol–water partition coefficient (Wildman–Crippen LogP) is 2.40. The number of carbonyl (C=O) groups excluding carboxylic acids is 2. The van der Waals surface area contributed by atoms with Gasteiger partial charge in [0.2, 0.25) is 0 Å². The highest BCUT2D eigenvalue weighted by atomic mass is 16.5. The molecule has 2 rings (SSSR count). The summed E-state index contributed by atoms with van der Waals surface area (Å²) >= 11 is 0. The van der Waals surface area contributed by atoms with Crippen LogP contribution in [-0.4, -0.2) is 18.4 Å². The molecule has 2 aliphatic rings. The van der Waals surface area contributed by atoms with Crippen molar-refractivity contribution in [3.8, 4) is 0 Å². The lowest BCUT2D eigenvalue weighted by molar-refractivity contribution is -0.151. The second kappa shape index (κ2) is 4.81. The quantitative estimate of drug-likeness (QED) is 0.532. The van der Waals surface area contributed by atoms with Crippen molar-refractivity contribution in [1.82, 2.24) is 0 Å². The molecule has 0 radical (unpaired) electrons. The molecule has 0 heterocycles. The van der Waals surface area contributed by atoms with Crippen LogP contribution < -0.4 is 0 Å². The Balaban J connectivity index is 2.14. The van der Waals surface area contributed by atoms with Crippen LogP contribution in [0.15, 0.2) is 11.1 Å². The van der Waals surface area contributed by atoms with Crippen molar-refractivity contribution >= 4 is 11.8 Å². The monoisotopic (exact) mass is 222 g/mol. The largest absolute Gasteiger partial charge is 0.465 e. The number of ether oxygens (including phenoxy) is 1. The van der Waals surface area contributed by atoms with Crippen molar-refractivity contribution < 1.29 is 14.3 Å². The number of rotatable bonds is 2. The van der Waals surface area contributed by atoms with Gasteiger partial charge in [0.1, 0.15) is 5.92 Å². The molecule has 3 nitrogen and oxygen atoms in total. The van der Waals surface area contributed by atoms with Crippen molar-refractivity contribution in [2.75, 3.05) is 6.61 Å². The molecule has 0 saturated carbocycles. The smallest absolute Gasteiger partial charge is 0.316 e. The molecule has 0 fully saturated rings. The zero-order valence-corrected chi connectivity index (χ0v) is 9.75. The van der Waals surface area contributed by atoms with E-state index in [4.69, 9.17) is 4.74 Å². The highest BCUT2D eigenvalue weighted by molar-refractivity contribution is 6.09. The van der Waals surface area contributed by atoms with Crippen molar-refractivity contribution in [3.05, 3.63) is 11.1 Å². The third-order valence-electron chi connectivity index (χ3n) is 3.50. The van der Waals surface area contributed by atoms with Crippen molar-refractivity contribution in [2.24, 2.45) is 5.92 Å². The Morgan fingerprint density at radius 2 is 2.06 bits per heavy atom. The number of ketones is 1. The van der Waals surface area contributed by atoms with Gasteiger partial charge < -0.3 is 4.74 Å². The lowest BCUT2D eigenvalue weighted by atomic mass is 9.76. The summed E-state index contributed by atoms with van der Waals surface area (Å²) < 4.78 is 4.95. The average Bonchev–Trinajstić information content (AvgIpc) is 2.30. The maximum Gasteiger partial charge on any atom is 0.316 e. The summed E-state index contributed by atoms with van der Waals surface area (Å²) in [5.74, 6) is -0.805. The van der Waals surface area contributed by atoms with E-state index < -0.39 is 5.92 Å². The molecule has 0 spiro atoms. The second-order valence-corrected chi connectivity index (χ2v) is 4.50. The molecule has 0 aliphatic heterocycles. The normalized spacial score (nSPS) is 25.3. The van der Waals surface area contributed by atoms with E-state index in [0.717, 1.165) is 31.3 Å². The highest BCUT2D eigenvalue weighted by Gasteiger charge is 2.35. The number of allylic oxidation sites excluding steroid dienone is 2. The third kappa shape index (κ3) is 2.04. The first-order valence-electron chi connectivity index (χ1n) is 6.15. The Hall–Kier alpha value is -1.12. The first kappa shape index (κ1) is 11.4. The highest BCUT2D eigenvalue weighted by Crippen LogP contribution is 2.36. The SMILES string of the molecule is CCOC(=O)C1CCC2=C(CCCC2)C1=O. The Morgan fingerprint density at radius 3 is 2.81 bits per heavy atom. The van der Waals surface area contributed by atoms with E-state index in [9.17, 15) is 9.59 Å². The standard InChI is InChI=1S/C13H18O3/c1-2-16-13(15)11-8-7-9-5-3-4-6-10(9)12(11)14/h11H,2-8H2,1H3. The van der Waals surface area contributed by atoms with E-state index in [0.29, 0.717) is 13.0 Å². The van der Waals surface area contributed by atoms with Gasteiger partial charge in [-0.05, 0) is 51.0 Å². The molecule has 1 atom stereocenters. The van der Waals surface area contributed by atoms with Crippen LogP contribution in [0, 0.1) is 5.92 Å². The zero-order chi connectivity index (χ0) is 11.5. The molecule has 0 bridgehead atoms. The van der Waals surface area contributed by atoms with Gasteiger partial charge in [-0.1, -0.05) is 5.57 Å². The number of hydrogen-bond acceptors (Lipinski definition) is 3. The molecule has 88 valence electrons. The van der Waals surface area contributed by atoms with Crippen LogP contribution in [0.3, 0.4) is 0 Å². The molecule has 0 aromatic rings. The Morgan fingerprint density at radius 1 is 1.31 bits per heavy atom. The van der Waals surface area contributed by atoms with Gasteiger partial charge in [-0.25, -0.2) is 0 Å². The number of hydrogen-bond donors (Lipinski definition) is 0. The maximum atomic E-state index is 12.1. The number of esters is 1. The summed E-state index contributed by atoms with van der Waals surface area (Å²) in [5, 5.41) is 0. The topological polar surface area (TPSA) is 43.4 Å². The molecule has 2 aliphatic carbocycles. The maximum absolute atomic E-state index is 12.1. The Bertz CT molecular complexity index is 341. The molecular formula is C13H18O3. The number of carbonyl (C=O) groups is 2. The van der Waals surface area contributed by atoms with Gasteiger partial charge in [0.15, 0.2) is 5.78 Å². The van der Waals surface area contributed by atoms with E-state index in [1.165, 1.54) is 12.0 Å². The van der Waals surface area contributed by atoms with E-state index in [-0.39, 0.29) is 11.8 Å². The van der Waals surface area contributed by atoms with Gasteiger partial charge in [-0.15, -0.1) is 0 Å². The lowest BCUT2D eigenvalue weighted by Crippen LogP contribution is -2.32. The summed E-state index contributed by atoms with van der Waals surface area (Å²) in [6.45, 7) is 2.13. The first-order valence-corrected chi connectivity index (χ1v) is 6.15. The molecule has 0 aromatic heterocycles. The second-order valence-electron chi connectivity index (χ2n) is 4.50. The third-order valence-corrected chi connectivity index (χ3v) is 3.50. The summed E-state index contributed by atoms with van der Waals surface area (Å²) in [6, 6.07) is 0. The minimum absolute atomic E-state index is 0.0411. The van der Waals surface area contributed by atoms with Gasteiger partial charge in [0, 0.05) is 0 Å². The molecule has 0 N–H and O–H groups in total. The van der Waals surface area contributed by atoms with E-state index >= 15 is 0 Å². The molecule has 1 unspecified atom stereocenters. The molecular weight excluding hydrogens is 204 g/mol. The average molecular weight is 222 g/mol. The van der Waals surface area contributed by atoms with Crippen molar-refractivity contribution in [3.63, 3.8) is 0 Å². The fraction of sp³-hybridized carbons (Fsp3) is 0.692. The minimum Gasteiger partial charge on any atom is -0.465 e. The van der Waals surface area contributed by atoms with E-state index in [1.807, 2.05) is 0 Å². The van der Waals surface area contributed by atoms with Crippen LogP contribution >= 0.6 is 0 Å². The Kier molecular flexibility index (Phi) is 3.42. The molecule has 0 aromatic carbocycles. The minimum atomic E-state index is -0.517. The van der Waals surface area contributed by atoms with Gasteiger partial charge in [-0.3, -0.25) is 9.59 Å². The van der Waals surface area contributed by atoms with Crippen LogP contribution in [0.1, 0.15) is 45.4 Å². The summed E-state index contributed by atoms with van der Waals surface area (Å²) in [5.41, 5.74) is 2.24.